The van der Waals surface area contributed by atoms with Gasteiger partial charge in [-0.1, -0.05) is 0 Å². The van der Waals surface area contributed by atoms with Crippen LogP contribution in [0.4, 0.5) is 10.1 Å². The van der Waals surface area contributed by atoms with Gasteiger partial charge in [0.25, 0.3) is 0 Å². The summed E-state index contributed by atoms with van der Waals surface area (Å²) in [5.74, 6) is 1.40. The van der Waals surface area contributed by atoms with Gasteiger partial charge in [-0.2, -0.15) is 0 Å². The van der Waals surface area contributed by atoms with Gasteiger partial charge >= 0.3 is 0 Å². The highest BCUT2D eigenvalue weighted by molar-refractivity contribution is 5.80. The number of nitrogens with two attached hydrogens (primary N) is 1. The van der Waals surface area contributed by atoms with Gasteiger partial charge in [-0.15, -0.1) is 0 Å². The fourth-order valence-electron chi connectivity index (χ4n) is 2.30. The highest BCUT2D eigenvalue weighted by Crippen LogP contribution is 2.39. The molecule has 2 aromatic rings. The average molecular weight is 333 g/mol. The van der Waals surface area contributed by atoms with Crippen molar-refractivity contribution in [3.63, 3.8) is 0 Å². The Balaban J connectivity index is 2.44. The molecule has 0 heterocycles. The molecule has 0 atom stereocenters. The van der Waals surface area contributed by atoms with Gasteiger partial charge in [0.05, 0.1) is 34.1 Å². The zero-order valence-corrected chi connectivity index (χ0v) is 14.1. The first-order valence-electron chi connectivity index (χ1n) is 7.15. The third kappa shape index (κ3) is 3.53. The summed E-state index contributed by atoms with van der Waals surface area (Å²) in [5, 5.41) is 0. The van der Waals surface area contributed by atoms with Crippen molar-refractivity contribution in [2.45, 2.75) is 0 Å². The number of methoxy groups -OCH3 is 4. The molecular weight excluding hydrogens is 313 g/mol. The van der Waals surface area contributed by atoms with Gasteiger partial charge < -0.3 is 24.7 Å². The Bertz CT molecular complexity index is 734. The van der Waals surface area contributed by atoms with Crippen LogP contribution in [0.15, 0.2) is 30.3 Å². The normalized spacial score (nSPS) is 11.1. The van der Waals surface area contributed by atoms with E-state index in [1.807, 2.05) is 0 Å². The van der Waals surface area contributed by atoms with Crippen molar-refractivity contribution in [2.24, 2.45) is 0 Å². The topological polar surface area (TPSA) is 62.9 Å². The molecule has 0 spiro atoms. The zero-order chi connectivity index (χ0) is 17.7. The van der Waals surface area contributed by atoms with Crippen LogP contribution < -0.4 is 24.7 Å². The van der Waals surface area contributed by atoms with Crippen LogP contribution in [0.25, 0.3) is 11.9 Å². The van der Waals surface area contributed by atoms with Gasteiger partial charge in [-0.3, -0.25) is 0 Å². The summed E-state index contributed by atoms with van der Waals surface area (Å²) in [5.41, 5.74) is 7.10. The minimum Gasteiger partial charge on any atom is -0.495 e. The number of ether oxygens (including phenoxy) is 4. The van der Waals surface area contributed by atoms with Gasteiger partial charge in [-0.05, 0) is 42.0 Å². The van der Waals surface area contributed by atoms with Gasteiger partial charge in [0.15, 0.2) is 11.5 Å². The summed E-state index contributed by atoms with van der Waals surface area (Å²) in [6.07, 6.45) is 1.37. The lowest BCUT2D eigenvalue weighted by Crippen LogP contribution is -1.96. The molecule has 0 fully saturated rings. The van der Waals surface area contributed by atoms with Gasteiger partial charge in [0.1, 0.15) is 11.6 Å². The summed E-state index contributed by atoms with van der Waals surface area (Å²) >= 11 is 0. The number of anilines is 1. The summed E-state index contributed by atoms with van der Waals surface area (Å²) in [7, 11) is 6.03. The standard InChI is InChI=1S/C18H20FNO4/c1-21-15-6-5-12(10-14(15)20)13(19)7-11-8-16(22-2)18(24-4)17(9-11)23-3/h5-10H,20H2,1-4H3/b13-7+. The van der Waals surface area contributed by atoms with Crippen molar-refractivity contribution < 1.29 is 23.3 Å². The summed E-state index contributed by atoms with van der Waals surface area (Å²) in [6, 6.07) is 8.05. The number of halogens is 1. The Morgan fingerprint density at radius 2 is 1.46 bits per heavy atom. The van der Waals surface area contributed by atoms with Crippen molar-refractivity contribution in [1.82, 2.24) is 0 Å². The van der Waals surface area contributed by atoms with Crippen LogP contribution in [-0.2, 0) is 0 Å². The molecule has 0 amide bonds. The molecule has 0 radical (unpaired) electrons. The van der Waals surface area contributed by atoms with Gasteiger partial charge in [-0.25, -0.2) is 4.39 Å². The quantitative estimate of drug-likeness (QED) is 0.644. The second-order valence-corrected chi connectivity index (χ2v) is 4.91. The molecule has 5 nitrogen and oxygen atoms in total. The maximum absolute atomic E-state index is 14.5. The van der Waals surface area contributed by atoms with Gasteiger partial charge in [0, 0.05) is 5.56 Å². The maximum Gasteiger partial charge on any atom is 0.203 e. The Morgan fingerprint density at radius 3 is 1.92 bits per heavy atom. The van der Waals surface area contributed by atoms with E-state index in [0.29, 0.717) is 39.8 Å². The number of nitrogen functional groups attached to an aromatic ring is 1. The molecule has 0 bridgehead atoms. The SMILES string of the molecule is COc1ccc(/C(F)=C\c2cc(OC)c(OC)c(OC)c2)cc1N. The molecule has 0 aliphatic rings. The second kappa shape index (κ2) is 7.59. The number of benzene rings is 2. The van der Waals surface area contributed by atoms with E-state index >= 15 is 0 Å². The third-order valence-electron chi connectivity index (χ3n) is 3.49. The summed E-state index contributed by atoms with van der Waals surface area (Å²) in [4.78, 5) is 0. The minimum atomic E-state index is -0.446. The summed E-state index contributed by atoms with van der Waals surface area (Å²) in [6.45, 7) is 0. The summed E-state index contributed by atoms with van der Waals surface area (Å²) < 4.78 is 35.4. The van der Waals surface area contributed by atoms with Crippen LogP contribution in [-0.4, -0.2) is 28.4 Å². The largest absolute Gasteiger partial charge is 0.495 e. The molecule has 0 unspecified atom stereocenters. The average Bonchev–Trinajstić information content (AvgIpc) is 2.60. The second-order valence-electron chi connectivity index (χ2n) is 4.91. The van der Waals surface area contributed by atoms with Crippen molar-refractivity contribution in [3.05, 3.63) is 41.5 Å². The van der Waals surface area contributed by atoms with E-state index in [-0.39, 0.29) is 0 Å². The Labute approximate surface area is 140 Å². The van der Waals surface area contributed by atoms with Crippen LogP contribution in [0, 0.1) is 0 Å². The van der Waals surface area contributed by atoms with E-state index in [1.54, 1.807) is 24.3 Å². The van der Waals surface area contributed by atoms with E-state index in [4.69, 9.17) is 24.7 Å². The van der Waals surface area contributed by atoms with Crippen molar-refractivity contribution in [3.8, 4) is 23.0 Å². The Morgan fingerprint density at radius 1 is 0.875 bits per heavy atom. The first-order chi connectivity index (χ1) is 11.5. The van der Waals surface area contributed by atoms with Crippen LogP contribution in [0.3, 0.4) is 0 Å². The highest BCUT2D eigenvalue weighted by Gasteiger charge is 2.13. The van der Waals surface area contributed by atoms with E-state index in [2.05, 4.69) is 0 Å². The van der Waals surface area contributed by atoms with Crippen LogP contribution in [0.1, 0.15) is 11.1 Å². The molecular formula is C18H20FNO4. The van der Waals surface area contributed by atoms with E-state index in [9.17, 15) is 4.39 Å². The van der Waals surface area contributed by atoms with Crippen molar-refractivity contribution in [1.29, 1.82) is 0 Å². The molecule has 24 heavy (non-hydrogen) atoms. The molecule has 0 saturated carbocycles. The predicted octanol–water partition coefficient (Wildman–Crippen LogP) is 3.77. The van der Waals surface area contributed by atoms with Crippen LogP contribution in [0.2, 0.25) is 0 Å². The van der Waals surface area contributed by atoms with E-state index in [1.165, 1.54) is 40.6 Å². The molecule has 128 valence electrons. The molecule has 0 aromatic heterocycles. The van der Waals surface area contributed by atoms with Crippen molar-refractivity contribution >= 4 is 17.6 Å². The first-order valence-corrected chi connectivity index (χ1v) is 7.15. The van der Waals surface area contributed by atoms with Gasteiger partial charge in [0.2, 0.25) is 5.75 Å². The smallest absolute Gasteiger partial charge is 0.203 e. The molecule has 0 saturated heterocycles. The third-order valence-corrected chi connectivity index (χ3v) is 3.49. The first kappa shape index (κ1) is 17.5. The Hall–Kier alpha value is -2.89. The minimum absolute atomic E-state index is 0.349. The van der Waals surface area contributed by atoms with Crippen LogP contribution >= 0.6 is 0 Å². The number of hydrogen-bond acceptors (Lipinski definition) is 5. The van der Waals surface area contributed by atoms with E-state index in [0.717, 1.165) is 0 Å². The fourth-order valence-corrected chi connectivity index (χ4v) is 2.30. The monoisotopic (exact) mass is 333 g/mol. The molecule has 2 N–H and O–H groups in total. The van der Waals surface area contributed by atoms with E-state index < -0.39 is 5.83 Å². The Kier molecular flexibility index (Phi) is 5.52. The lowest BCUT2D eigenvalue weighted by atomic mass is 10.1. The van der Waals surface area contributed by atoms with Crippen LogP contribution in [0.5, 0.6) is 23.0 Å². The number of rotatable bonds is 6. The zero-order valence-electron chi connectivity index (χ0n) is 14.1. The molecule has 2 rings (SSSR count). The lowest BCUT2D eigenvalue weighted by Gasteiger charge is -2.13. The number of hydrogen-bond donors (Lipinski definition) is 1. The van der Waals surface area contributed by atoms with Crippen molar-refractivity contribution in [2.75, 3.05) is 34.2 Å². The predicted molar refractivity (Wildman–Crippen MR) is 92.5 cm³/mol. The molecule has 6 heteroatoms. The molecule has 0 aliphatic heterocycles. The highest BCUT2D eigenvalue weighted by atomic mass is 19.1. The fraction of sp³-hybridized carbons (Fsp3) is 0.222. The maximum atomic E-state index is 14.5. The lowest BCUT2D eigenvalue weighted by molar-refractivity contribution is 0.324. The molecule has 2 aromatic carbocycles. The molecule has 0 aliphatic carbocycles.